The van der Waals surface area contributed by atoms with Crippen LogP contribution in [0.3, 0.4) is 0 Å². The summed E-state index contributed by atoms with van der Waals surface area (Å²) in [6.45, 7) is 8.12. The number of nitrogens with one attached hydrogen (secondary N) is 2. The number of hydrogen-bond acceptors (Lipinski definition) is 5. The quantitative estimate of drug-likeness (QED) is 0.797. The molecule has 0 spiro atoms. The fraction of sp³-hybridized carbons (Fsp3) is 0.600. The second kappa shape index (κ2) is 7.98. The topological polar surface area (TPSA) is 97.1 Å². The van der Waals surface area contributed by atoms with Crippen LogP contribution in [-0.4, -0.2) is 62.7 Å². The van der Waals surface area contributed by atoms with Gasteiger partial charge in [-0.25, -0.2) is 4.98 Å². The molecule has 1 aliphatic rings. The van der Waals surface area contributed by atoms with Gasteiger partial charge in [-0.2, -0.15) is 5.10 Å². The Balaban J connectivity index is 2.03. The zero-order valence-corrected chi connectivity index (χ0v) is 18.1. The van der Waals surface area contributed by atoms with Crippen molar-refractivity contribution in [3.05, 3.63) is 23.8 Å². The highest BCUT2D eigenvalue weighted by Crippen LogP contribution is 2.26. The number of carbonyl (C=O) groups excluding carboxylic acids is 2. The number of likely N-dealkylation sites (N-methyl/N-ethyl adjacent to an activating group) is 1. The number of amides is 2. The van der Waals surface area contributed by atoms with Crippen molar-refractivity contribution in [2.24, 2.45) is 12.5 Å². The van der Waals surface area contributed by atoms with Crippen LogP contribution in [0.15, 0.2) is 12.4 Å². The Hall–Kier alpha value is -2.68. The number of fused-ring (bicyclic) bond motifs is 1. The molecule has 158 valence electrons. The summed E-state index contributed by atoms with van der Waals surface area (Å²) in [4.78, 5) is 32.5. The van der Waals surface area contributed by atoms with E-state index in [9.17, 15) is 9.59 Å². The van der Waals surface area contributed by atoms with E-state index in [2.05, 4.69) is 25.2 Å². The first-order valence-electron chi connectivity index (χ1n) is 9.91. The maximum atomic E-state index is 13.3. The first kappa shape index (κ1) is 21.0. The van der Waals surface area contributed by atoms with Gasteiger partial charge in [0.05, 0.1) is 17.5 Å². The zero-order chi connectivity index (χ0) is 21.3. The van der Waals surface area contributed by atoms with Gasteiger partial charge in [0, 0.05) is 33.4 Å². The Morgan fingerprint density at radius 3 is 2.52 bits per heavy atom. The van der Waals surface area contributed by atoms with E-state index in [0.717, 1.165) is 36.6 Å². The molecule has 3 heterocycles. The van der Waals surface area contributed by atoms with Gasteiger partial charge in [-0.3, -0.25) is 14.3 Å². The molecule has 9 nitrogen and oxygen atoms in total. The third-order valence-electron chi connectivity index (χ3n) is 5.24. The number of nitrogens with zero attached hydrogens (tertiary/aromatic N) is 5. The van der Waals surface area contributed by atoms with Gasteiger partial charge in [0.2, 0.25) is 5.91 Å². The van der Waals surface area contributed by atoms with Crippen molar-refractivity contribution in [3.8, 4) is 11.4 Å². The van der Waals surface area contributed by atoms with Gasteiger partial charge in [0.15, 0.2) is 5.69 Å². The van der Waals surface area contributed by atoms with E-state index in [1.54, 1.807) is 17.9 Å². The molecule has 2 amide bonds. The van der Waals surface area contributed by atoms with Crippen molar-refractivity contribution in [1.82, 2.24) is 34.9 Å². The second-order valence-corrected chi connectivity index (χ2v) is 8.76. The molecule has 9 heteroatoms. The van der Waals surface area contributed by atoms with E-state index in [1.165, 1.54) is 0 Å². The Bertz CT molecular complexity index is 907. The van der Waals surface area contributed by atoms with Gasteiger partial charge in [-0.15, -0.1) is 0 Å². The molecule has 1 unspecified atom stereocenters. The Morgan fingerprint density at radius 1 is 1.21 bits per heavy atom. The van der Waals surface area contributed by atoms with E-state index in [-0.39, 0.29) is 11.8 Å². The lowest BCUT2D eigenvalue weighted by Gasteiger charge is -2.29. The van der Waals surface area contributed by atoms with Crippen LogP contribution in [0.1, 0.15) is 43.4 Å². The summed E-state index contributed by atoms with van der Waals surface area (Å²) in [6.07, 6.45) is 4.62. The highest BCUT2D eigenvalue weighted by atomic mass is 16.2. The van der Waals surface area contributed by atoms with E-state index in [1.807, 2.05) is 41.1 Å². The molecule has 0 saturated heterocycles. The molecule has 0 radical (unpaired) electrons. The maximum absolute atomic E-state index is 13.3. The molecule has 0 aromatic carbocycles. The fourth-order valence-electron chi connectivity index (χ4n) is 3.68. The molecule has 0 saturated carbocycles. The Kier molecular flexibility index (Phi) is 5.79. The predicted molar refractivity (Wildman–Crippen MR) is 110 cm³/mol. The second-order valence-electron chi connectivity index (χ2n) is 8.76. The molecule has 2 N–H and O–H groups in total. The molecule has 1 aliphatic heterocycles. The normalized spacial score (nSPS) is 16.1. The van der Waals surface area contributed by atoms with Crippen LogP contribution < -0.4 is 10.6 Å². The molecular formula is C20H31N7O2. The summed E-state index contributed by atoms with van der Waals surface area (Å²) in [5.41, 5.74) is 1.67. The molecule has 0 bridgehead atoms. The first-order valence-corrected chi connectivity index (χ1v) is 9.91. The number of imidazole rings is 1. The van der Waals surface area contributed by atoms with Crippen LogP contribution in [0.25, 0.3) is 11.4 Å². The number of hydrogen-bond donors (Lipinski definition) is 2. The van der Waals surface area contributed by atoms with Gasteiger partial charge in [-0.05, 0) is 25.4 Å². The van der Waals surface area contributed by atoms with E-state index in [4.69, 9.17) is 4.98 Å². The first-order chi connectivity index (χ1) is 13.6. The zero-order valence-electron chi connectivity index (χ0n) is 18.1. The molecule has 2 aromatic rings. The summed E-state index contributed by atoms with van der Waals surface area (Å²) < 4.78 is 3.84. The molecule has 3 rings (SSSR count). The number of aryl methyl sites for hydroxylation is 1. The number of carbonyl (C=O) groups is 2. The molecule has 0 fully saturated rings. The van der Waals surface area contributed by atoms with Crippen molar-refractivity contribution in [2.75, 3.05) is 20.6 Å². The predicted octanol–water partition coefficient (Wildman–Crippen LogP) is 1.01. The maximum Gasteiger partial charge on any atom is 0.272 e. The lowest BCUT2D eigenvalue weighted by Crippen LogP contribution is -2.53. The molecule has 1 atom stereocenters. The molecule has 2 aromatic heterocycles. The lowest BCUT2D eigenvalue weighted by atomic mass is 9.86. The Labute approximate surface area is 171 Å². The molecule has 29 heavy (non-hydrogen) atoms. The van der Waals surface area contributed by atoms with Crippen LogP contribution in [0.2, 0.25) is 0 Å². The van der Waals surface area contributed by atoms with Crippen molar-refractivity contribution < 1.29 is 9.59 Å². The van der Waals surface area contributed by atoms with Crippen molar-refractivity contribution in [1.29, 1.82) is 0 Å². The van der Waals surface area contributed by atoms with Crippen molar-refractivity contribution in [2.45, 2.75) is 46.3 Å². The number of rotatable bonds is 4. The van der Waals surface area contributed by atoms with Gasteiger partial charge in [-0.1, -0.05) is 20.8 Å². The van der Waals surface area contributed by atoms with Gasteiger partial charge >= 0.3 is 0 Å². The van der Waals surface area contributed by atoms with Crippen molar-refractivity contribution >= 4 is 11.8 Å². The average molecular weight is 402 g/mol. The fourth-order valence-corrected chi connectivity index (χ4v) is 3.68. The number of aromatic nitrogens is 4. The minimum atomic E-state index is -0.664. The van der Waals surface area contributed by atoms with Crippen LogP contribution in [0.4, 0.5) is 0 Å². The third kappa shape index (κ3) is 4.34. The Morgan fingerprint density at radius 2 is 1.93 bits per heavy atom. The smallest absolute Gasteiger partial charge is 0.272 e. The van der Waals surface area contributed by atoms with Crippen LogP contribution in [0.5, 0.6) is 0 Å². The van der Waals surface area contributed by atoms with E-state index >= 15 is 0 Å². The summed E-state index contributed by atoms with van der Waals surface area (Å²) in [7, 11) is 5.47. The lowest BCUT2D eigenvalue weighted by molar-refractivity contribution is -0.124. The van der Waals surface area contributed by atoms with Crippen LogP contribution in [-0.2, 0) is 24.9 Å². The summed E-state index contributed by atoms with van der Waals surface area (Å²) in [6, 6.07) is -0.664. The minimum absolute atomic E-state index is 0.222. The van der Waals surface area contributed by atoms with E-state index in [0.29, 0.717) is 12.2 Å². The summed E-state index contributed by atoms with van der Waals surface area (Å²) >= 11 is 0. The largest absolute Gasteiger partial charge is 0.357 e. The highest BCUT2D eigenvalue weighted by molar-refractivity contribution is 5.97. The third-order valence-corrected chi connectivity index (χ3v) is 5.24. The summed E-state index contributed by atoms with van der Waals surface area (Å²) in [5.74, 6) is 0.185. The monoisotopic (exact) mass is 401 g/mol. The van der Waals surface area contributed by atoms with E-state index < -0.39 is 11.5 Å². The SMILES string of the molecule is CNC(=O)C(NC(=O)c1nc(-c2cnn(C)c2)n2c1CN(C)CCC2)C(C)(C)C. The standard InChI is InChI=1S/C20H31N7O2/c1-20(2,3)16(19(29)21-4)24-18(28)15-14-12-25(5)8-7-9-27(14)17(23-15)13-10-22-26(6)11-13/h10-11,16H,7-9,12H2,1-6H3,(H,21,29)(H,24,28). The minimum Gasteiger partial charge on any atom is -0.357 e. The highest BCUT2D eigenvalue weighted by Gasteiger charge is 2.34. The van der Waals surface area contributed by atoms with Crippen LogP contribution >= 0.6 is 0 Å². The summed E-state index contributed by atoms with van der Waals surface area (Å²) in [5, 5.41) is 9.81. The van der Waals surface area contributed by atoms with Gasteiger partial charge < -0.3 is 20.1 Å². The van der Waals surface area contributed by atoms with Gasteiger partial charge in [0.25, 0.3) is 5.91 Å². The van der Waals surface area contributed by atoms with Crippen molar-refractivity contribution in [3.63, 3.8) is 0 Å². The molecular weight excluding hydrogens is 370 g/mol. The average Bonchev–Trinajstić information content (AvgIpc) is 3.16. The molecule has 0 aliphatic carbocycles. The van der Waals surface area contributed by atoms with Gasteiger partial charge in [0.1, 0.15) is 11.9 Å². The van der Waals surface area contributed by atoms with Crippen LogP contribution in [0, 0.1) is 5.41 Å².